The minimum atomic E-state index is -1.20. The summed E-state index contributed by atoms with van der Waals surface area (Å²) in [5.41, 5.74) is -0.0273. The highest BCUT2D eigenvalue weighted by Gasteiger charge is 2.45. The fourth-order valence-corrected chi connectivity index (χ4v) is 4.95. The van der Waals surface area contributed by atoms with Gasteiger partial charge in [-0.2, -0.15) is 10.4 Å². The molecule has 4 rings (SSSR count). The third-order valence-electron chi connectivity index (χ3n) is 6.86. The zero-order chi connectivity index (χ0) is 24.0. The number of ether oxygens (including phenoxy) is 2. The number of hydrogen-bond donors (Lipinski definition) is 1. The normalized spacial score (nSPS) is 23.0. The maximum atomic E-state index is 12.3. The first kappa shape index (κ1) is 24.1. The SMILES string of the molecule is CCCCC(=O)Nc1ncnn2c(C3(C#N)CCC(COC(=O)CC4CCCCC4)O3)ccc12. The molecule has 0 bridgehead atoms. The van der Waals surface area contributed by atoms with Crippen LogP contribution in [0.15, 0.2) is 18.5 Å². The van der Waals surface area contributed by atoms with Crippen LogP contribution >= 0.6 is 0 Å². The van der Waals surface area contributed by atoms with Crippen LogP contribution in [-0.4, -0.2) is 39.2 Å². The molecule has 2 fully saturated rings. The number of amides is 1. The van der Waals surface area contributed by atoms with Crippen LogP contribution in [-0.2, 0) is 24.7 Å². The van der Waals surface area contributed by atoms with Gasteiger partial charge in [-0.3, -0.25) is 9.59 Å². The van der Waals surface area contributed by atoms with Crippen LogP contribution in [0.4, 0.5) is 5.82 Å². The summed E-state index contributed by atoms with van der Waals surface area (Å²) in [5.74, 6) is 0.538. The third-order valence-corrected chi connectivity index (χ3v) is 6.86. The fourth-order valence-electron chi connectivity index (χ4n) is 4.95. The smallest absolute Gasteiger partial charge is 0.306 e. The van der Waals surface area contributed by atoms with E-state index in [4.69, 9.17) is 9.47 Å². The van der Waals surface area contributed by atoms with Crippen LogP contribution in [0.1, 0.15) is 83.2 Å². The van der Waals surface area contributed by atoms with E-state index in [1.165, 1.54) is 25.6 Å². The van der Waals surface area contributed by atoms with E-state index < -0.39 is 5.60 Å². The summed E-state index contributed by atoms with van der Waals surface area (Å²) in [4.78, 5) is 28.7. The molecule has 2 aromatic rings. The quantitative estimate of drug-likeness (QED) is 0.547. The van der Waals surface area contributed by atoms with Crippen LogP contribution in [0.5, 0.6) is 0 Å². The second-order valence-corrected chi connectivity index (χ2v) is 9.38. The topological polar surface area (TPSA) is 119 Å². The number of rotatable bonds is 9. The van der Waals surface area contributed by atoms with Crippen molar-refractivity contribution in [2.75, 3.05) is 11.9 Å². The molecule has 1 saturated carbocycles. The zero-order valence-corrected chi connectivity index (χ0v) is 19.8. The summed E-state index contributed by atoms with van der Waals surface area (Å²) in [6.45, 7) is 2.18. The predicted molar refractivity (Wildman–Crippen MR) is 125 cm³/mol. The van der Waals surface area contributed by atoms with Crippen molar-refractivity contribution in [2.24, 2.45) is 5.92 Å². The van der Waals surface area contributed by atoms with Crippen molar-refractivity contribution in [3.8, 4) is 6.07 Å². The zero-order valence-electron chi connectivity index (χ0n) is 19.8. The van der Waals surface area contributed by atoms with Gasteiger partial charge in [-0.15, -0.1) is 0 Å². The lowest BCUT2D eigenvalue weighted by Crippen LogP contribution is -2.29. The summed E-state index contributed by atoms with van der Waals surface area (Å²) >= 11 is 0. The first-order chi connectivity index (χ1) is 16.5. The van der Waals surface area contributed by atoms with Gasteiger partial charge in [0.05, 0.1) is 11.8 Å². The number of aromatic nitrogens is 3. The van der Waals surface area contributed by atoms with Gasteiger partial charge in [-0.1, -0.05) is 32.6 Å². The van der Waals surface area contributed by atoms with E-state index >= 15 is 0 Å². The minimum Gasteiger partial charge on any atom is -0.463 e. The summed E-state index contributed by atoms with van der Waals surface area (Å²) in [6, 6.07) is 5.88. The van der Waals surface area contributed by atoms with Crippen molar-refractivity contribution in [1.82, 2.24) is 14.6 Å². The van der Waals surface area contributed by atoms with E-state index in [9.17, 15) is 14.9 Å². The Bertz CT molecular complexity index is 1060. The molecular weight excluding hydrogens is 434 g/mol. The molecule has 2 unspecified atom stereocenters. The molecule has 1 amide bonds. The average Bonchev–Trinajstić information content (AvgIpc) is 3.48. The molecule has 1 N–H and O–H groups in total. The number of hydrogen-bond acceptors (Lipinski definition) is 7. The molecule has 2 atom stereocenters. The Balaban J connectivity index is 1.41. The number of nitrogens with one attached hydrogen (secondary N) is 1. The van der Waals surface area contributed by atoms with Gasteiger partial charge in [0.15, 0.2) is 11.4 Å². The van der Waals surface area contributed by atoms with Crippen LogP contribution in [0.2, 0.25) is 0 Å². The summed E-state index contributed by atoms with van der Waals surface area (Å²) < 4.78 is 13.3. The molecule has 1 aliphatic heterocycles. The van der Waals surface area contributed by atoms with Crippen molar-refractivity contribution in [1.29, 1.82) is 5.26 Å². The number of anilines is 1. The Labute approximate surface area is 199 Å². The molecule has 9 nitrogen and oxygen atoms in total. The van der Waals surface area contributed by atoms with Crippen LogP contribution in [0.3, 0.4) is 0 Å². The van der Waals surface area contributed by atoms with Gasteiger partial charge >= 0.3 is 5.97 Å². The van der Waals surface area contributed by atoms with Gasteiger partial charge in [0, 0.05) is 12.8 Å². The first-order valence-corrected chi connectivity index (χ1v) is 12.4. The van der Waals surface area contributed by atoms with Gasteiger partial charge in [0.2, 0.25) is 5.91 Å². The molecule has 2 aliphatic rings. The molecule has 2 aromatic heterocycles. The summed E-state index contributed by atoms with van der Waals surface area (Å²) in [5, 5.41) is 17.2. The summed E-state index contributed by atoms with van der Waals surface area (Å²) in [7, 11) is 0. The highest BCUT2D eigenvalue weighted by molar-refractivity contribution is 5.93. The van der Waals surface area contributed by atoms with Gasteiger partial charge in [0.1, 0.15) is 24.5 Å². The van der Waals surface area contributed by atoms with Crippen molar-refractivity contribution < 1.29 is 19.1 Å². The third kappa shape index (κ3) is 5.39. The Kier molecular flexibility index (Phi) is 7.78. The molecule has 34 heavy (non-hydrogen) atoms. The number of nitriles is 1. The van der Waals surface area contributed by atoms with Crippen molar-refractivity contribution in [3.05, 3.63) is 24.2 Å². The average molecular weight is 468 g/mol. The van der Waals surface area contributed by atoms with Crippen molar-refractivity contribution >= 4 is 23.2 Å². The van der Waals surface area contributed by atoms with E-state index in [1.54, 1.807) is 16.6 Å². The monoisotopic (exact) mass is 467 g/mol. The van der Waals surface area contributed by atoms with Crippen LogP contribution in [0, 0.1) is 17.2 Å². The molecule has 1 aliphatic carbocycles. The lowest BCUT2D eigenvalue weighted by molar-refractivity contribution is -0.150. The Morgan fingerprint density at radius 2 is 2.12 bits per heavy atom. The molecule has 0 aromatic carbocycles. The number of carbonyl (C=O) groups is 2. The lowest BCUT2D eigenvalue weighted by atomic mass is 9.87. The van der Waals surface area contributed by atoms with Gasteiger partial charge in [-0.05, 0) is 50.2 Å². The first-order valence-electron chi connectivity index (χ1n) is 12.4. The van der Waals surface area contributed by atoms with E-state index in [1.807, 2.05) is 6.92 Å². The Morgan fingerprint density at radius 1 is 1.29 bits per heavy atom. The summed E-state index contributed by atoms with van der Waals surface area (Å²) in [6.07, 6.45) is 10.5. The molecular formula is C25H33N5O4. The standard InChI is InChI=1S/C25H33N5O4/c1-2-3-9-22(31)29-24-20-10-11-21(30(20)28-17-27-24)25(16-26)13-12-19(34-25)15-33-23(32)14-18-7-5-4-6-8-18/h10-11,17-19H,2-9,12-15H2,1H3,(H,27,28,29,31). The molecule has 9 heteroatoms. The minimum absolute atomic E-state index is 0.104. The highest BCUT2D eigenvalue weighted by Crippen LogP contribution is 2.40. The van der Waals surface area contributed by atoms with Crippen molar-refractivity contribution in [2.45, 2.75) is 89.3 Å². The number of fused-ring (bicyclic) bond motifs is 1. The molecule has 1 saturated heterocycles. The van der Waals surface area contributed by atoms with Crippen LogP contribution in [0.25, 0.3) is 5.52 Å². The Morgan fingerprint density at radius 3 is 2.88 bits per heavy atom. The molecule has 182 valence electrons. The second kappa shape index (κ2) is 11.0. The maximum Gasteiger partial charge on any atom is 0.306 e. The van der Waals surface area contributed by atoms with Crippen molar-refractivity contribution in [3.63, 3.8) is 0 Å². The highest BCUT2D eigenvalue weighted by atomic mass is 16.6. The fraction of sp³-hybridized carbons (Fsp3) is 0.640. The maximum absolute atomic E-state index is 12.3. The second-order valence-electron chi connectivity index (χ2n) is 9.38. The lowest BCUT2D eigenvalue weighted by Gasteiger charge is -2.22. The number of nitrogens with zero attached hydrogens (tertiary/aromatic N) is 4. The van der Waals surface area contributed by atoms with E-state index in [-0.39, 0.29) is 24.6 Å². The van der Waals surface area contributed by atoms with E-state index in [0.717, 1.165) is 25.7 Å². The number of esters is 1. The Hall–Kier alpha value is -2.99. The largest absolute Gasteiger partial charge is 0.463 e. The molecule has 0 radical (unpaired) electrons. The van der Waals surface area contributed by atoms with Gasteiger partial charge < -0.3 is 14.8 Å². The predicted octanol–water partition coefficient (Wildman–Crippen LogP) is 4.27. The van der Waals surface area contributed by atoms with E-state index in [2.05, 4.69) is 21.5 Å². The number of carbonyl (C=O) groups excluding carboxylic acids is 2. The number of unbranched alkanes of at least 4 members (excludes halogenated alkanes) is 1. The van der Waals surface area contributed by atoms with Crippen LogP contribution < -0.4 is 5.32 Å². The van der Waals surface area contributed by atoms with E-state index in [0.29, 0.717) is 48.6 Å². The molecule has 3 heterocycles. The molecule has 0 spiro atoms. The van der Waals surface area contributed by atoms with Gasteiger partial charge in [-0.25, -0.2) is 9.50 Å². The van der Waals surface area contributed by atoms with Gasteiger partial charge in [0.25, 0.3) is 0 Å².